The van der Waals surface area contributed by atoms with Crippen LogP contribution in [0.5, 0.6) is 0 Å². The number of fused-ring (bicyclic) bond motifs is 2. The molecule has 0 bridgehead atoms. The van der Waals surface area contributed by atoms with E-state index >= 15 is 0 Å². The number of hydrogen-bond acceptors (Lipinski definition) is 3. The topological polar surface area (TPSA) is 70.6 Å². The van der Waals surface area contributed by atoms with E-state index in [-0.39, 0.29) is 17.7 Å². The summed E-state index contributed by atoms with van der Waals surface area (Å²) in [5.74, 6) is -0.744. The van der Waals surface area contributed by atoms with Crippen molar-refractivity contribution in [2.75, 3.05) is 5.32 Å². The Hall–Kier alpha value is -2.24. The molecule has 5 nitrogen and oxygen atoms in total. The normalized spacial score (nSPS) is 25.2. The van der Waals surface area contributed by atoms with Crippen molar-refractivity contribution in [1.82, 2.24) is 5.43 Å². The molecule has 1 spiro atoms. The Morgan fingerprint density at radius 1 is 1.32 bits per heavy atom. The lowest BCUT2D eigenvalue weighted by atomic mass is 9.65. The Labute approximate surface area is 127 Å². The standard InChI is InChI=1S/C16H16FN3O2/c1-8-5-12(21)19-20-13(8)9-6-10-14(11(17)7-9)18-15(22)16(10)3-2-4-16/h6-8H,2-5H2,1H3,(H,18,22)(H,19,21). The predicted molar refractivity (Wildman–Crippen MR) is 79.0 cm³/mol. The highest BCUT2D eigenvalue weighted by atomic mass is 19.1. The van der Waals surface area contributed by atoms with Crippen molar-refractivity contribution in [2.45, 2.75) is 38.0 Å². The monoisotopic (exact) mass is 301 g/mol. The van der Waals surface area contributed by atoms with E-state index in [1.165, 1.54) is 6.07 Å². The first kappa shape index (κ1) is 13.4. The van der Waals surface area contributed by atoms with E-state index in [0.29, 0.717) is 23.4 Å². The SMILES string of the molecule is CC1CC(=O)NN=C1c1cc(F)c2c(c1)C1(CCC1)C(=O)N2. The van der Waals surface area contributed by atoms with Crippen molar-refractivity contribution >= 4 is 23.2 Å². The number of benzene rings is 1. The molecular formula is C16H16FN3O2. The number of halogens is 1. The average Bonchev–Trinajstić information content (AvgIpc) is 2.71. The highest BCUT2D eigenvalue weighted by Crippen LogP contribution is 2.52. The molecule has 1 fully saturated rings. The molecule has 1 saturated carbocycles. The summed E-state index contributed by atoms with van der Waals surface area (Å²) in [6, 6.07) is 3.26. The summed E-state index contributed by atoms with van der Waals surface area (Å²) in [7, 11) is 0. The lowest BCUT2D eigenvalue weighted by Gasteiger charge is -2.36. The van der Waals surface area contributed by atoms with Crippen LogP contribution in [0, 0.1) is 11.7 Å². The molecule has 6 heteroatoms. The van der Waals surface area contributed by atoms with E-state index in [1.807, 2.05) is 13.0 Å². The molecule has 3 aliphatic rings. The van der Waals surface area contributed by atoms with E-state index in [1.54, 1.807) is 0 Å². The van der Waals surface area contributed by atoms with E-state index in [9.17, 15) is 14.0 Å². The second-order valence-electron chi connectivity index (χ2n) is 6.41. The minimum Gasteiger partial charge on any atom is -0.323 e. The number of anilines is 1. The minimum atomic E-state index is -0.562. The molecule has 1 unspecified atom stereocenters. The number of amides is 2. The van der Waals surface area contributed by atoms with Gasteiger partial charge >= 0.3 is 0 Å². The molecule has 22 heavy (non-hydrogen) atoms. The van der Waals surface area contributed by atoms with Crippen molar-refractivity contribution in [1.29, 1.82) is 0 Å². The molecule has 2 aliphatic heterocycles. The van der Waals surface area contributed by atoms with Gasteiger partial charge in [0.15, 0.2) is 0 Å². The van der Waals surface area contributed by atoms with Gasteiger partial charge in [0.1, 0.15) is 5.82 Å². The van der Waals surface area contributed by atoms with Crippen LogP contribution in [-0.2, 0) is 15.0 Å². The molecule has 0 radical (unpaired) electrons. The Morgan fingerprint density at radius 3 is 2.73 bits per heavy atom. The van der Waals surface area contributed by atoms with Gasteiger partial charge in [0, 0.05) is 17.9 Å². The summed E-state index contributed by atoms with van der Waals surface area (Å²) in [5.41, 5.74) is 4.24. The highest BCUT2D eigenvalue weighted by Gasteiger charge is 2.52. The second kappa shape index (κ2) is 4.38. The molecule has 0 aromatic heterocycles. The number of carbonyl (C=O) groups is 2. The molecule has 4 rings (SSSR count). The predicted octanol–water partition coefficient (Wildman–Crippen LogP) is 2.06. The molecule has 2 heterocycles. The summed E-state index contributed by atoms with van der Waals surface area (Å²) >= 11 is 0. The zero-order valence-corrected chi connectivity index (χ0v) is 12.2. The number of nitrogens with one attached hydrogen (secondary N) is 2. The van der Waals surface area contributed by atoms with Gasteiger partial charge in [-0.2, -0.15) is 5.10 Å². The van der Waals surface area contributed by atoms with E-state index < -0.39 is 11.2 Å². The van der Waals surface area contributed by atoms with Crippen LogP contribution in [0.15, 0.2) is 17.2 Å². The van der Waals surface area contributed by atoms with E-state index in [4.69, 9.17) is 0 Å². The Bertz CT molecular complexity index is 737. The molecule has 0 saturated heterocycles. The zero-order chi connectivity index (χ0) is 15.5. The van der Waals surface area contributed by atoms with E-state index in [2.05, 4.69) is 15.8 Å². The molecule has 114 valence electrons. The summed E-state index contributed by atoms with van der Waals surface area (Å²) in [4.78, 5) is 23.6. The van der Waals surface area contributed by atoms with Crippen molar-refractivity contribution in [3.05, 3.63) is 29.1 Å². The fraction of sp³-hybridized carbons (Fsp3) is 0.438. The largest absolute Gasteiger partial charge is 0.323 e. The molecular weight excluding hydrogens is 285 g/mol. The van der Waals surface area contributed by atoms with Crippen LogP contribution in [0.2, 0.25) is 0 Å². The maximum absolute atomic E-state index is 14.4. The Morgan fingerprint density at radius 2 is 2.09 bits per heavy atom. The average molecular weight is 301 g/mol. The third-order valence-corrected chi connectivity index (χ3v) is 5.04. The number of nitrogens with zero attached hydrogens (tertiary/aromatic N) is 1. The first-order chi connectivity index (χ1) is 10.5. The zero-order valence-electron chi connectivity index (χ0n) is 12.2. The number of hydrazone groups is 1. The van der Waals surface area contributed by atoms with Crippen LogP contribution < -0.4 is 10.7 Å². The van der Waals surface area contributed by atoms with Crippen molar-refractivity contribution in [3.63, 3.8) is 0 Å². The summed E-state index contributed by atoms with van der Waals surface area (Å²) in [6.45, 7) is 1.89. The second-order valence-corrected chi connectivity index (χ2v) is 6.41. The molecule has 1 aromatic carbocycles. The van der Waals surface area contributed by atoms with Gasteiger partial charge in [0.2, 0.25) is 11.8 Å². The Kier molecular flexibility index (Phi) is 2.67. The lowest BCUT2D eigenvalue weighted by Crippen LogP contribution is -2.41. The van der Waals surface area contributed by atoms with Crippen molar-refractivity contribution in [2.24, 2.45) is 11.0 Å². The smallest absolute Gasteiger partial charge is 0.240 e. The first-order valence-electron chi connectivity index (χ1n) is 7.53. The summed E-state index contributed by atoms with van der Waals surface area (Å²) in [6.07, 6.45) is 2.83. The van der Waals surface area contributed by atoms with Gasteiger partial charge in [0.25, 0.3) is 0 Å². The first-order valence-corrected chi connectivity index (χ1v) is 7.53. The molecule has 2 N–H and O–H groups in total. The van der Waals surface area contributed by atoms with Gasteiger partial charge in [-0.15, -0.1) is 0 Å². The third-order valence-electron chi connectivity index (χ3n) is 5.04. The number of hydrogen-bond donors (Lipinski definition) is 2. The minimum absolute atomic E-state index is 0.0754. The molecule has 1 aliphatic carbocycles. The quantitative estimate of drug-likeness (QED) is 0.833. The van der Waals surface area contributed by atoms with Crippen LogP contribution in [0.4, 0.5) is 10.1 Å². The lowest BCUT2D eigenvalue weighted by molar-refractivity contribution is -0.123. The highest BCUT2D eigenvalue weighted by molar-refractivity contribution is 6.10. The van der Waals surface area contributed by atoms with Crippen molar-refractivity contribution in [3.8, 4) is 0 Å². The summed E-state index contributed by atoms with van der Waals surface area (Å²) in [5, 5.41) is 6.77. The van der Waals surface area contributed by atoms with Gasteiger partial charge in [-0.1, -0.05) is 13.3 Å². The van der Waals surface area contributed by atoms with Crippen LogP contribution in [0.3, 0.4) is 0 Å². The van der Waals surface area contributed by atoms with Gasteiger partial charge in [-0.3, -0.25) is 9.59 Å². The van der Waals surface area contributed by atoms with Crippen LogP contribution in [0.1, 0.15) is 43.7 Å². The Balaban J connectivity index is 1.83. The fourth-order valence-corrected chi connectivity index (χ4v) is 3.64. The molecule has 1 atom stereocenters. The van der Waals surface area contributed by atoms with E-state index in [0.717, 1.165) is 24.8 Å². The van der Waals surface area contributed by atoms with Crippen LogP contribution in [-0.4, -0.2) is 17.5 Å². The number of carbonyl (C=O) groups excluding carboxylic acids is 2. The maximum atomic E-state index is 14.4. The van der Waals surface area contributed by atoms with Crippen LogP contribution in [0.25, 0.3) is 0 Å². The number of rotatable bonds is 1. The molecule has 1 aromatic rings. The van der Waals surface area contributed by atoms with Gasteiger partial charge in [-0.25, -0.2) is 9.82 Å². The third kappa shape index (κ3) is 1.66. The summed E-state index contributed by atoms with van der Waals surface area (Å²) < 4.78 is 14.4. The van der Waals surface area contributed by atoms with Gasteiger partial charge < -0.3 is 5.32 Å². The van der Waals surface area contributed by atoms with Gasteiger partial charge in [-0.05, 0) is 30.5 Å². The fourth-order valence-electron chi connectivity index (χ4n) is 3.64. The van der Waals surface area contributed by atoms with Gasteiger partial charge in [0.05, 0.1) is 16.8 Å². The molecule has 2 amide bonds. The van der Waals surface area contributed by atoms with Crippen LogP contribution >= 0.6 is 0 Å². The van der Waals surface area contributed by atoms with Crippen molar-refractivity contribution < 1.29 is 14.0 Å². The maximum Gasteiger partial charge on any atom is 0.240 e.